The molecule has 31 heavy (non-hydrogen) atoms. The van der Waals surface area contributed by atoms with Crippen LogP contribution in [0.15, 0.2) is 76.3 Å². The quantitative estimate of drug-likeness (QED) is 0.444. The number of para-hydroxylation sites is 1. The van der Waals surface area contributed by atoms with E-state index >= 15 is 0 Å². The average Bonchev–Trinajstić information content (AvgIpc) is 3.25. The van der Waals surface area contributed by atoms with Gasteiger partial charge in [0.05, 0.1) is 25.5 Å². The van der Waals surface area contributed by atoms with Crippen molar-refractivity contribution in [3.63, 3.8) is 0 Å². The Balaban J connectivity index is 1.56. The second-order valence-corrected chi connectivity index (χ2v) is 8.42. The number of halogens is 1. The van der Waals surface area contributed by atoms with Gasteiger partial charge in [0.2, 0.25) is 6.23 Å². The Morgan fingerprint density at radius 3 is 2.65 bits per heavy atom. The third-order valence-electron chi connectivity index (χ3n) is 5.65. The van der Waals surface area contributed by atoms with Gasteiger partial charge in [-0.3, -0.25) is 0 Å². The van der Waals surface area contributed by atoms with Gasteiger partial charge in [-0.2, -0.15) is 5.10 Å². The van der Waals surface area contributed by atoms with Crippen molar-refractivity contribution in [1.29, 1.82) is 0 Å². The summed E-state index contributed by atoms with van der Waals surface area (Å²) in [4.78, 5) is 0. The van der Waals surface area contributed by atoms with E-state index in [0.717, 1.165) is 44.8 Å². The molecule has 2 aliphatic rings. The van der Waals surface area contributed by atoms with E-state index in [2.05, 4.69) is 57.3 Å². The van der Waals surface area contributed by atoms with E-state index in [1.54, 1.807) is 7.11 Å². The maximum Gasteiger partial charge on any atom is 0.214 e. The van der Waals surface area contributed by atoms with Gasteiger partial charge in [0.15, 0.2) is 11.5 Å². The van der Waals surface area contributed by atoms with Gasteiger partial charge in [0.25, 0.3) is 0 Å². The Labute approximate surface area is 190 Å². The third-order valence-corrected chi connectivity index (χ3v) is 6.18. The monoisotopic (exact) mass is 478 g/mol. The molecular weight excluding hydrogens is 456 g/mol. The molecule has 0 saturated carbocycles. The summed E-state index contributed by atoms with van der Waals surface area (Å²) >= 11 is 3.51. The van der Waals surface area contributed by atoms with E-state index in [4.69, 9.17) is 19.3 Å². The smallest absolute Gasteiger partial charge is 0.214 e. The van der Waals surface area contributed by atoms with Crippen molar-refractivity contribution in [2.24, 2.45) is 5.10 Å². The maximum absolute atomic E-state index is 6.45. The van der Waals surface area contributed by atoms with Crippen molar-refractivity contribution in [2.75, 3.05) is 13.7 Å². The van der Waals surface area contributed by atoms with Crippen LogP contribution in [0.25, 0.3) is 0 Å². The second kappa shape index (κ2) is 8.27. The van der Waals surface area contributed by atoms with Crippen molar-refractivity contribution >= 4 is 21.6 Å². The molecule has 0 spiro atoms. The van der Waals surface area contributed by atoms with Crippen molar-refractivity contribution in [3.8, 4) is 17.2 Å². The fourth-order valence-electron chi connectivity index (χ4n) is 4.18. The molecule has 0 aliphatic carbocycles. The maximum atomic E-state index is 6.45. The lowest BCUT2D eigenvalue weighted by Crippen LogP contribution is -2.33. The van der Waals surface area contributed by atoms with Crippen molar-refractivity contribution in [3.05, 3.63) is 87.9 Å². The number of ether oxygens (including phenoxy) is 3. The molecule has 0 unspecified atom stereocenters. The second-order valence-electron chi connectivity index (χ2n) is 7.50. The summed E-state index contributed by atoms with van der Waals surface area (Å²) in [6.07, 6.45) is 0.476. The predicted octanol–water partition coefficient (Wildman–Crippen LogP) is 6.10. The highest BCUT2D eigenvalue weighted by atomic mass is 79.9. The highest BCUT2D eigenvalue weighted by molar-refractivity contribution is 9.10. The largest absolute Gasteiger partial charge is 0.493 e. The Morgan fingerprint density at radius 1 is 1.06 bits per heavy atom. The first kappa shape index (κ1) is 19.9. The first-order valence-electron chi connectivity index (χ1n) is 10.4. The topological polar surface area (TPSA) is 43.3 Å². The molecule has 3 aromatic carbocycles. The summed E-state index contributed by atoms with van der Waals surface area (Å²) in [5, 5.41) is 7.10. The zero-order chi connectivity index (χ0) is 21.4. The minimum absolute atomic E-state index is 0.117. The van der Waals surface area contributed by atoms with E-state index < -0.39 is 0 Å². The number of nitrogens with zero attached hydrogens (tertiary/aromatic N) is 2. The normalized spacial score (nSPS) is 19.2. The van der Waals surface area contributed by atoms with Crippen molar-refractivity contribution < 1.29 is 14.2 Å². The molecule has 0 N–H and O–H groups in total. The minimum atomic E-state index is -0.350. The molecule has 2 atom stereocenters. The van der Waals surface area contributed by atoms with Crippen LogP contribution >= 0.6 is 15.9 Å². The summed E-state index contributed by atoms with van der Waals surface area (Å²) < 4.78 is 18.8. The molecule has 0 amide bonds. The summed E-state index contributed by atoms with van der Waals surface area (Å²) in [5.74, 6) is 2.31. The number of hydrogen-bond donors (Lipinski definition) is 0. The van der Waals surface area contributed by atoms with E-state index in [1.807, 2.05) is 37.3 Å². The Kier molecular flexibility index (Phi) is 5.32. The highest BCUT2D eigenvalue weighted by Gasteiger charge is 2.41. The van der Waals surface area contributed by atoms with Gasteiger partial charge < -0.3 is 14.2 Å². The predicted molar refractivity (Wildman–Crippen MR) is 124 cm³/mol. The molecule has 158 valence electrons. The van der Waals surface area contributed by atoms with Gasteiger partial charge in [-0.25, -0.2) is 5.01 Å². The van der Waals surface area contributed by atoms with E-state index in [-0.39, 0.29) is 12.3 Å². The van der Waals surface area contributed by atoms with Crippen LogP contribution in [0.1, 0.15) is 42.3 Å². The molecule has 2 aliphatic heterocycles. The fourth-order valence-corrected chi connectivity index (χ4v) is 4.45. The number of benzene rings is 3. The molecule has 5 nitrogen and oxygen atoms in total. The fraction of sp³-hybridized carbons (Fsp3) is 0.240. The Hall–Kier alpha value is -2.99. The van der Waals surface area contributed by atoms with Gasteiger partial charge in [-0.05, 0) is 48.9 Å². The number of hydrazone groups is 1. The Bertz CT molecular complexity index is 1130. The van der Waals surface area contributed by atoms with Gasteiger partial charge in [0, 0.05) is 22.0 Å². The van der Waals surface area contributed by atoms with Crippen molar-refractivity contribution in [2.45, 2.75) is 25.6 Å². The van der Waals surface area contributed by atoms with Crippen LogP contribution in [0.4, 0.5) is 0 Å². The number of rotatable bonds is 5. The van der Waals surface area contributed by atoms with Crippen LogP contribution in [-0.4, -0.2) is 24.4 Å². The lowest BCUT2D eigenvalue weighted by molar-refractivity contribution is -0.0191. The first-order valence-corrected chi connectivity index (χ1v) is 11.1. The SMILES string of the molecule is CCOc1ccc([C@@H]2Oc3ccccc3[C@@H]3CC(c4ccc(Br)cc4)=NN32)cc1OC. The standard InChI is InChI=1S/C25H23BrN2O3/c1-3-30-23-13-10-17(14-24(23)29-2)25-28-21(19-6-4-5-7-22(19)31-25)15-20(27-28)16-8-11-18(26)12-9-16/h4-14,21,25H,3,15H2,1-2H3/t21-,25-/m0/s1. The summed E-state index contributed by atoms with van der Waals surface area (Å²) in [6.45, 7) is 2.54. The van der Waals surface area contributed by atoms with Gasteiger partial charge >= 0.3 is 0 Å². The first-order chi connectivity index (χ1) is 15.2. The zero-order valence-electron chi connectivity index (χ0n) is 17.4. The minimum Gasteiger partial charge on any atom is -0.493 e. The van der Waals surface area contributed by atoms with Gasteiger partial charge in [0.1, 0.15) is 5.75 Å². The van der Waals surface area contributed by atoms with Crippen LogP contribution < -0.4 is 14.2 Å². The lowest BCUT2D eigenvalue weighted by Gasteiger charge is -2.38. The highest BCUT2D eigenvalue weighted by Crippen LogP contribution is 2.48. The molecule has 3 aromatic rings. The van der Waals surface area contributed by atoms with E-state index in [9.17, 15) is 0 Å². The van der Waals surface area contributed by atoms with E-state index in [1.165, 1.54) is 0 Å². The molecule has 0 fully saturated rings. The van der Waals surface area contributed by atoms with Crippen LogP contribution in [0.2, 0.25) is 0 Å². The number of fused-ring (bicyclic) bond motifs is 3. The molecule has 6 heteroatoms. The van der Waals surface area contributed by atoms with Crippen LogP contribution in [0, 0.1) is 0 Å². The number of methoxy groups -OCH3 is 1. The molecule has 0 bridgehead atoms. The molecule has 0 radical (unpaired) electrons. The summed E-state index contributed by atoms with van der Waals surface area (Å²) in [5.41, 5.74) is 4.31. The van der Waals surface area contributed by atoms with Crippen molar-refractivity contribution in [1.82, 2.24) is 5.01 Å². The van der Waals surface area contributed by atoms with Gasteiger partial charge in [-0.1, -0.05) is 46.3 Å². The third kappa shape index (κ3) is 3.65. The molecular formula is C25H23BrN2O3. The van der Waals surface area contributed by atoms with Crippen LogP contribution in [0.5, 0.6) is 17.2 Å². The van der Waals surface area contributed by atoms with E-state index in [0.29, 0.717) is 12.4 Å². The zero-order valence-corrected chi connectivity index (χ0v) is 19.0. The number of hydrogen-bond acceptors (Lipinski definition) is 5. The summed E-state index contributed by atoms with van der Waals surface area (Å²) in [6, 6.07) is 22.6. The van der Waals surface area contributed by atoms with Gasteiger partial charge in [-0.15, -0.1) is 0 Å². The lowest BCUT2D eigenvalue weighted by atomic mass is 9.96. The molecule has 2 heterocycles. The van der Waals surface area contributed by atoms with Crippen LogP contribution in [0.3, 0.4) is 0 Å². The van der Waals surface area contributed by atoms with Crippen LogP contribution in [-0.2, 0) is 0 Å². The molecule has 0 aromatic heterocycles. The average molecular weight is 479 g/mol. The Morgan fingerprint density at radius 2 is 1.87 bits per heavy atom. The summed E-state index contributed by atoms with van der Waals surface area (Å²) in [7, 11) is 1.65. The molecule has 0 saturated heterocycles. The molecule has 5 rings (SSSR count).